The normalized spacial score (nSPS) is 14.6. The van der Waals surface area contributed by atoms with Crippen LogP contribution in [0.1, 0.15) is 31.4 Å². The third-order valence-electron chi connectivity index (χ3n) is 5.22. The summed E-state index contributed by atoms with van der Waals surface area (Å²) in [7, 11) is 1.61. The van der Waals surface area contributed by atoms with Gasteiger partial charge in [-0.05, 0) is 31.9 Å². The number of nitrogens with zero attached hydrogens (tertiary/aromatic N) is 6. The zero-order valence-corrected chi connectivity index (χ0v) is 17.7. The van der Waals surface area contributed by atoms with E-state index in [1.54, 1.807) is 13.1 Å². The van der Waals surface area contributed by atoms with Crippen molar-refractivity contribution in [2.24, 2.45) is 12.5 Å². The van der Waals surface area contributed by atoms with E-state index in [1.165, 1.54) is 42.5 Å². The second kappa shape index (κ2) is 8.62. The molecule has 1 fully saturated rings. The molecule has 1 aliphatic carbocycles. The predicted octanol–water partition coefficient (Wildman–Crippen LogP) is 2.96. The SMILES string of the molecule is C[C@@H](OC(=O)Nc1c(-c2ncc(NC(=O)C3(C#N)CC3)cn2)cnn1C)c1cccnc1F. The molecule has 3 aromatic heterocycles. The number of hydrogen-bond acceptors (Lipinski definition) is 8. The Bertz CT molecular complexity index is 1250. The molecule has 4 rings (SSSR count). The molecule has 3 aromatic rings. The molecule has 2 N–H and O–H groups in total. The van der Waals surface area contributed by atoms with Crippen molar-refractivity contribution in [2.75, 3.05) is 10.6 Å². The highest BCUT2D eigenvalue weighted by Crippen LogP contribution is 2.45. The summed E-state index contributed by atoms with van der Waals surface area (Å²) in [5.74, 6) is -0.602. The topological polar surface area (TPSA) is 148 Å². The van der Waals surface area contributed by atoms with E-state index in [2.05, 4.69) is 30.7 Å². The first-order chi connectivity index (χ1) is 15.8. The van der Waals surface area contributed by atoms with Crippen LogP contribution in [-0.4, -0.2) is 36.7 Å². The maximum Gasteiger partial charge on any atom is 0.413 e. The Balaban J connectivity index is 1.45. The highest BCUT2D eigenvalue weighted by atomic mass is 19.1. The number of carbonyl (C=O) groups excluding carboxylic acids is 2. The molecule has 1 aliphatic rings. The fourth-order valence-corrected chi connectivity index (χ4v) is 3.10. The average Bonchev–Trinajstić information content (AvgIpc) is 3.53. The first kappa shape index (κ1) is 21.8. The van der Waals surface area contributed by atoms with E-state index < -0.39 is 23.6 Å². The summed E-state index contributed by atoms with van der Waals surface area (Å²) in [6.07, 6.45) is 4.91. The lowest BCUT2D eigenvalue weighted by Crippen LogP contribution is -2.22. The van der Waals surface area contributed by atoms with Crippen LogP contribution in [0, 0.1) is 22.7 Å². The highest BCUT2D eigenvalue weighted by Gasteiger charge is 2.50. The number of hydrogen-bond donors (Lipinski definition) is 2. The van der Waals surface area contributed by atoms with Crippen molar-refractivity contribution in [3.63, 3.8) is 0 Å². The maximum atomic E-state index is 13.8. The van der Waals surface area contributed by atoms with Gasteiger partial charge in [-0.15, -0.1) is 0 Å². The Morgan fingerprint density at radius 1 is 1.24 bits per heavy atom. The van der Waals surface area contributed by atoms with Crippen LogP contribution in [0.3, 0.4) is 0 Å². The molecule has 0 unspecified atom stereocenters. The minimum atomic E-state index is -0.963. The standard InChI is InChI=1S/C21H19FN8O3/c1-12(14-4-3-7-24-16(14)22)33-20(32)29-18-15(10-27-30(18)2)17-25-8-13(9-26-17)28-19(31)21(11-23)5-6-21/h3-4,7-10,12H,5-6H2,1-2H3,(H,28,31)(H,29,32)/t12-/m1/s1. The number of ether oxygens (including phenoxy) is 1. The molecule has 0 radical (unpaired) electrons. The van der Waals surface area contributed by atoms with Crippen LogP contribution in [0.4, 0.5) is 20.7 Å². The van der Waals surface area contributed by atoms with E-state index in [4.69, 9.17) is 10.00 Å². The molecule has 168 valence electrons. The van der Waals surface area contributed by atoms with Crippen molar-refractivity contribution in [3.8, 4) is 17.5 Å². The van der Waals surface area contributed by atoms with E-state index in [1.807, 2.05) is 6.07 Å². The zero-order valence-electron chi connectivity index (χ0n) is 17.7. The fourth-order valence-electron chi connectivity index (χ4n) is 3.10. The van der Waals surface area contributed by atoms with Crippen LogP contribution in [0.5, 0.6) is 0 Å². The van der Waals surface area contributed by atoms with Crippen LogP contribution < -0.4 is 10.6 Å². The van der Waals surface area contributed by atoms with Gasteiger partial charge >= 0.3 is 6.09 Å². The number of carbonyl (C=O) groups is 2. The van der Waals surface area contributed by atoms with Crippen molar-refractivity contribution in [1.82, 2.24) is 24.7 Å². The molecular formula is C21H19FN8O3. The molecule has 2 amide bonds. The quantitative estimate of drug-likeness (QED) is 0.545. The van der Waals surface area contributed by atoms with Crippen molar-refractivity contribution in [2.45, 2.75) is 25.9 Å². The van der Waals surface area contributed by atoms with E-state index in [-0.39, 0.29) is 23.1 Å². The lowest BCUT2D eigenvalue weighted by Gasteiger charge is -2.15. The summed E-state index contributed by atoms with van der Waals surface area (Å²) in [4.78, 5) is 36.6. The molecule has 0 aliphatic heterocycles. The van der Waals surface area contributed by atoms with Crippen molar-refractivity contribution >= 4 is 23.5 Å². The van der Waals surface area contributed by atoms with Crippen molar-refractivity contribution in [3.05, 3.63) is 48.4 Å². The maximum absolute atomic E-state index is 13.8. The number of halogens is 1. The molecule has 0 aromatic carbocycles. The summed E-state index contributed by atoms with van der Waals surface area (Å²) in [5.41, 5.74) is -0.0724. The molecule has 0 saturated heterocycles. The largest absolute Gasteiger partial charge is 0.441 e. The predicted molar refractivity (Wildman–Crippen MR) is 113 cm³/mol. The van der Waals surface area contributed by atoms with Gasteiger partial charge in [0.25, 0.3) is 0 Å². The van der Waals surface area contributed by atoms with E-state index >= 15 is 0 Å². The highest BCUT2D eigenvalue weighted by molar-refractivity contribution is 5.99. The number of aromatic nitrogens is 5. The van der Waals surface area contributed by atoms with E-state index in [0.717, 1.165) is 0 Å². The van der Waals surface area contributed by atoms with Gasteiger partial charge in [-0.1, -0.05) is 0 Å². The van der Waals surface area contributed by atoms with Crippen LogP contribution in [0.15, 0.2) is 36.9 Å². The first-order valence-corrected chi connectivity index (χ1v) is 9.98. The van der Waals surface area contributed by atoms with Crippen molar-refractivity contribution in [1.29, 1.82) is 5.26 Å². The number of rotatable bonds is 6. The van der Waals surface area contributed by atoms with Gasteiger partial charge in [-0.25, -0.2) is 19.7 Å². The Labute approximate surface area is 187 Å². The minimum absolute atomic E-state index is 0.142. The number of aryl methyl sites for hydroxylation is 1. The molecular weight excluding hydrogens is 431 g/mol. The van der Waals surface area contributed by atoms with Gasteiger partial charge in [-0.3, -0.25) is 14.8 Å². The molecule has 0 spiro atoms. The first-order valence-electron chi connectivity index (χ1n) is 9.98. The zero-order chi connectivity index (χ0) is 23.6. The second-order valence-corrected chi connectivity index (χ2v) is 7.53. The molecule has 1 atom stereocenters. The smallest absolute Gasteiger partial charge is 0.413 e. The number of nitrogens with one attached hydrogen (secondary N) is 2. The summed E-state index contributed by atoms with van der Waals surface area (Å²) >= 11 is 0. The van der Waals surface area contributed by atoms with Crippen LogP contribution in [0.2, 0.25) is 0 Å². The van der Waals surface area contributed by atoms with E-state index in [9.17, 15) is 14.0 Å². The Kier molecular flexibility index (Phi) is 5.70. The summed E-state index contributed by atoms with van der Waals surface area (Å²) in [6, 6.07) is 5.05. The monoisotopic (exact) mass is 450 g/mol. The second-order valence-electron chi connectivity index (χ2n) is 7.53. The average molecular weight is 450 g/mol. The molecule has 0 bridgehead atoms. The third-order valence-corrected chi connectivity index (χ3v) is 5.22. The van der Waals surface area contributed by atoms with Gasteiger partial charge in [0.05, 0.1) is 35.9 Å². The van der Waals surface area contributed by atoms with Gasteiger partial charge in [0, 0.05) is 18.8 Å². The van der Waals surface area contributed by atoms with Crippen molar-refractivity contribution < 1.29 is 18.7 Å². The summed E-state index contributed by atoms with van der Waals surface area (Å²) in [6.45, 7) is 1.53. The van der Waals surface area contributed by atoms with Gasteiger partial charge in [0.1, 0.15) is 17.3 Å². The van der Waals surface area contributed by atoms with Gasteiger partial charge in [-0.2, -0.15) is 14.8 Å². The lowest BCUT2D eigenvalue weighted by molar-refractivity contribution is -0.119. The van der Waals surface area contributed by atoms with Gasteiger partial charge in [0.2, 0.25) is 11.9 Å². The summed E-state index contributed by atoms with van der Waals surface area (Å²) < 4.78 is 20.5. The lowest BCUT2D eigenvalue weighted by atomic mass is 10.1. The van der Waals surface area contributed by atoms with Crippen LogP contribution >= 0.6 is 0 Å². The number of amides is 2. The number of anilines is 2. The Hall–Kier alpha value is -4.40. The summed E-state index contributed by atoms with van der Waals surface area (Å²) in [5, 5.41) is 18.4. The molecule has 11 nitrogen and oxygen atoms in total. The van der Waals surface area contributed by atoms with Gasteiger partial charge in [0.15, 0.2) is 5.82 Å². The fraction of sp³-hybridized carbons (Fsp3) is 0.286. The third kappa shape index (κ3) is 4.47. The molecule has 1 saturated carbocycles. The number of nitriles is 1. The van der Waals surface area contributed by atoms with Crippen LogP contribution in [-0.2, 0) is 16.6 Å². The minimum Gasteiger partial charge on any atom is -0.441 e. The van der Waals surface area contributed by atoms with Gasteiger partial charge < -0.3 is 10.1 Å². The molecule has 33 heavy (non-hydrogen) atoms. The number of pyridine rings is 1. The molecule has 3 heterocycles. The molecule has 12 heteroatoms. The Morgan fingerprint density at radius 3 is 2.61 bits per heavy atom. The van der Waals surface area contributed by atoms with E-state index in [0.29, 0.717) is 24.1 Å². The van der Waals surface area contributed by atoms with Crippen LogP contribution in [0.25, 0.3) is 11.4 Å². The Morgan fingerprint density at radius 2 is 1.97 bits per heavy atom.